The van der Waals surface area contributed by atoms with Gasteiger partial charge in [0, 0.05) is 22.4 Å². The number of Topliss-reactive ketones (excluding diaryl/α,β-unsaturated/α-hetero) is 1. The van der Waals surface area contributed by atoms with Gasteiger partial charge in [-0.15, -0.1) is 0 Å². The number of hydrogen-bond donors (Lipinski definition) is 2. The van der Waals surface area contributed by atoms with Crippen LogP contribution in [0.25, 0.3) is 0 Å². The van der Waals surface area contributed by atoms with Crippen LogP contribution in [0.15, 0.2) is 65.9 Å². The number of hydrogen-bond acceptors (Lipinski definition) is 3. The van der Waals surface area contributed by atoms with Gasteiger partial charge in [-0.3, -0.25) is 4.79 Å². The number of para-hydroxylation sites is 1. The van der Waals surface area contributed by atoms with Crippen molar-refractivity contribution in [2.45, 2.75) is 13.0 Å². The lowest BCUT2D eigenvalue weighted by Gasteiger charge is -2.29. The highest BCUT2D eigenvalue weighted by molar-refractivity contribution is 6.11. The second-order valence-electron chi connectivity index (χ2n) is 5.51. The van der Waals surface area contributed by atoms with Gasteiger partial charge in [0.1, 0.15) is 5.75 Å². The molecule has 2 amide bonds. The van der Waals surface area contributed by atoms with Crippen molar-refractivity contribution >= 4 is 11.8 Å². The molecule has 0 saturated heterocycles. The lowest BCUT2D eigenvalue weighted by Crippen LogP contribution is -2.45. The Kier molecular flexibility index (Phi) is 4.33. The maximum atomic E-state index is 13.0. The SMILES string of the molecule is COc1ccccc1[C@H]1NC(=O)NC(C)=C1C(=O)c1ccccc1. The summed E-state index contributed by atoms with van der Waals surface area (Å²) in [7, 11) is 1.57. The van der Waals surface area contributed by atoms with Gasteiger partial charge >= 0.3 is 6.03 Å². The standard InChI is InChI=1S/C19H18N2O3/c1-12-16(18(22)13-8-4-3-5-9-13)17(21-19(23)20-12)14-10-6-7-11-15(14)24-2/h3-11,17H,1-2H3,(H2,20,21,23)/t17-/m1/s1. The number of allylic oxidation sites excluding steroid dienone is 1. The van der Waals surface area contributed by atoms with Crippen molar-refractivity contribution in [1.29, 1.82) is 0 Å². The molecule has 1 heterocycles. The number of ketones is 1. The number of amides is 2. The molecule has 1 aliphatic heterocycles. The van der Waals surface area contributed by atoms with Crippen LogP contribution in [0.5, 0.6) is 5.75 Å². The fraction of sp³-hybridized carbons (Fsp3) is 0.158. The molecule has 0 aliphatic carbocycles. The quantitative estimate of drug-likeness (QED) is 0.849. The smallest absolute Gasteiger partial charge is 0.319 e. The molecular weight excluding hydrogens is 304 g/mol. The maximum absolute atomic E-state index is 13.0. The molecule has 2 N–H and O–H groups in total. The number of carbonyl (C=O) groups excluding carboxylic acids is 2. The first-order valence-electron chi connectivity index (χ1n) is 7.62. The molecule has 2 aromatic rings. The summed E-state index contributed by atoms with van der Waals surface area (Å²) in [5.41, 5.74) is 2.37. The van der Waals surface area contributed by atoms with Crippen molar-refractivity contribution in [3.8, 4) is 5.75 Å². The van der Waals surface area contributed by atoms with Gasteiger partial charge in [-0.1, -0.05) is 48.5 Å². The Morgan fingerprint density at radius 3 is 2.42 bits per heavy atom. The number of methoxy groups -OCH3 is 1. The molecule has 5 nitrogen and oxygen atoms in total. The summed E-state index contributed by atoms with van der Waals surface area (Å²) in [5, 5.41) is 5.51. The highest BCUT2D eigenvalue weighted by atomic mass is 16.5. The molecule has 0 unspecified atom stereocenters. The van der Waals surface area contributed by atoms with Gasteiger partial charge < -0.3 is 15.4 Å². The monoisotopic (exact) mass is 322 g/mol. The Morgan fingerprint density at radius 2 is 1.71 bits per heavy atom. The summed E-state index contributed by atoms with van der Waals surface area (Å²) in [6.45, 7) is 1.73. The van der Waals surface area contributed by atoms with Gasteiger partial charge in [-0.2, -0.15) is 0 Å². The molecule has 0 fully saturated rings. The summed E-state index contributed by atoms with van der Waals surface area (Å²) in [6.07, 6.45) is 0. The largest absolute Gasteiger partial charge is 0.496 e. The van der Waals surface area contributed by atoms with Gasteiger partial charge in [0.2, 0.25) is 0 Å². The summed E-state index contributed by atoms with van der Waals surface area (Å²) in [6, 6.07) is 15.5. The lowest BCUT2D eigenvalue weighted by atomic mass is 9.89. The van der Waals surface area contributed by atoms with E-state index in [0.717, 1.165) is 5.56 Å². The minimum Gasteiger partial charge on any atom is -0.496 e. The van der Waals surface area contributed by atoms with Gasteiger partial charge in [0.25, 0.3) is 0 Å². The minimum atomic E-state index is -0.567. The van der Waals surface area contributed by atoms with Gasteiger partial charge in [-0.25, -0.2) is 4.79 Å². The molecule has 24 heavy (non-hydrogen) atoms. The number of ether oxygens (including phenoxy) is 1. The zero-order valence-corrected chi connectivity index (χ0v) is 13.5. The number of benzene rings is 2. The molecule has 0 radical (unpaired) electrons. The predicted molar refractivity (Wildman–Crippen MR) is 90.9 cm³/mol. The summed E-state index contributed by atoms with van der Waals surface area (Å²) >= 11 is 0. The van der Waals surface area contributed by atoms with Crippen molar-refractivity contribution in [1.82, 2.24) is 10.6 Å². The number of nitrogens with one attached hydrogen (secondary N) is 2. The van der Waals surface area contributed by atoms with Gasteiger partial charge in [0.15, 0.2) is 5.78 Å². The first-order chi connectivity index (χ1) is 11.6. The van der Waals surface area contributed by atoms with Crippen molar-refractivity contribution in [2.24, 2.45) is 0 Å². The molecule has 1 aliphatic rings. The van der Waals surface area contributed by atoms with Crippen LogP contribution in [0.2, 0.25) is 0 Å². The molecule has 5 heteroatoms. The lowest BCUT2D eigenvalue weighted by molar-refractivity contribution is 0.102. The second-order valence-corrected chi connectivity index (χ2v) is 5.51. The normalized spacial score (nSPS) is 17.1. The van der Waals surface area contributed by atoms with E-state index in [1.165, 1.54) is 0 Å². The van der Waals surface area contributed by atoms with E-state index in [1.807, 2.05) is 42.5 Å². The number of rotatable bonds is 4. The van der Waals surface area contributed by atoms with Crippen molar-refractivity contribution < 1.29 is 14.3 Å². The Balaban J connectivity index is 2.11. The third kappa shape index (κ3) is 2.88. The molecule has 2 aromatic carbocycles. The first-order valence-corrected chi connectivity index (χ1v) is 7.62. The van der Waals surface area contributed by atoms with E-state index in [4.69, 9.17) is 4.74 Å². The molecule has 0 bridgehead atoms. The Hall–Kier alpha value is -3.08. The van der Waals surface area contributed by atoms with E-state index < -0.39 is 6.04 Å². The van der Waals surface area contributed by atoms with Gasteiger partial charge in [-0.05, 0) is 13.0 Å². The van der Waals surface area contributed by atoms with Gasteiger partial charge in [0.05, 0.1) is 13.2 Å². The van der Waals surface area contributed by atoms with Crippen molar-refractivity contribution in [3.05, 3.63) is 77.0 Å². The highest BCUT2D eigenvalue weighted by Gasteiger charge is 2.33. The topological polar surface area (TPSA) is 67.4 Å². The summed E-state index contributed by atoms with van der Waals surface area (Å²) in [4.78, 5) is 25.0. The van der Waals surface area contributed by atoms with E-state index in [0.29, 0.717) is 22.6 Å². The number of urea groups is 1. The Bertz CT molecular complexity index is 812. The number of carbonyl (C=O) groups is 2. The third-order valence-electron chi connectivity index (χ3n) is 4.00. The van der Waals surface area contributed by atoms with Crippen molar-refractivity contribution in [3.63, 3.8) is 0 Å². The first kappa shape index (κ1) is 15.8. The van der Waals surface area contributed by atoms with Crippen LogP contribution in [0.1, 0.15) is 28.9 Å². The van der Waals surface area contributed by atoms with Crippen LogP contribution >= 0.6 is 0 Å². The maximum Gasteiger partial charge on any atom is 0.319 e. The summed E-state index contributed by atoms with van der Waals surface area (Å²) < 4.78 is 5.40. The summed E-state index contributed by atoms with van der Waals surface area (Å²) in [5.74, 6) is 0.493. The Labute approximate surface area is 140 Å². The van der Waals surface area contributed by atoms with Crippen LogP contribution in [-0.4, -0.2) is 18.9 Å². The van der Waals surface area contributed by atoms with E-state index in [1.54, 1.807) is 26.2 Å². The Morgan fingerprint density at radius 1 is 1.04 bits per heavy atom. The average Bonchev–Trinajstić information content (AvgIpc) is 2.61. The predicted octanol–water partition coefficient (Wildman–Crippen LogP) is 3.21. The van der Waals surface area contributed by atoms with Crippen LogP contribution < -0.4 is 15.4 Å². The van der Waals surface area contributed by atoms with E-state index in [9.17, 15) is 9.59 Å². The molecule has 1 atom stereocenters. The van der Waals surface area contributed by atoms with Crippen LogP contribution in [0, 0.1) is 0 Å². The van der Waals surface area contributed by atoms with E-state index in [2.05, 4.69) is 10.6 Å². The second kappa shape index (κ2) is 6.58. The minimum absolute atomic E-state index is 0.128. The van der Waals surface area contributed by atoms with Crippen LogP contribution in [0.4, 0.5) is 4.79 Å². The van der Waals surface area contributed by atoms with E-state index in [-0.39, 0.29) is 11.8 Å². The molecule has 122 valence electrons. The van der Waals surface area contributed by atoms with Crippen LogP contribution in [-0.2, 0) is 0 Å². The third-order valence-corrected chi connectivity index (χ3v) is 4.00. The zero-order valence-electron chi connectivity index (χ0n) is 13.5. The fourth-order valence-corrected chi connectivity index (χ4v) is 2.88. The zero-order chi connectivity index (χ0) is 17.1. The molecule has 0 aromatic heterocycles. The molecule has 3 rings (SSSR count). The van der Waals surface area contributed by atoms with E-state index >= 15 is 0 Å². The highest BCUT2D eigenvalue weighted by Crippen LogP contribution is 2.34. The molecule has 0 spiro atoms. The fourth-order valence-electron chi connectivity index (χ4n) is 2.88. The molecule has 0 saturated carbocycles. The average molecular weight is 322 g/mol. The molecular formula is C19H18N2O3. The van der Waals surface area contributed by atoms with Crippen molar-refractivity contribution in [2.75, 3.05) is 7.11 Å². The van der Waals surface area contributed by atoms with Crippen LogP contribution in [0.3, 0.4) is 0 Å².